The summed E-state index contributed by atoms with van der Waals surface area (Å²) in [5.41, 5.74) is 7.74. The Labute approximate surface area is 122 Å². The lowest BCUT2D eigenvalue weighted by molar-refractivity contribution is -0.121. The molecule has 3 N–H and O–H groups in total. The van der Waals surface area contributed by atoms with Crippen LogP contribution in [0.2, 0.25) is 0 Å². The SMILES string of the molecule is CN(C)CC(C)(C)CNC(=O)CCc1ccccc1N. The quantitative estimate of drug-likeness (QED) is 0.748. The van der Waals surface area contributed by atoms with Crippen LogP contribution in [0.3, 0.4) is 0 Å². The summed E-state index contributed by atoms with van der Waals surface area (Å²) in [6.07, 6.45) is 1.17. The Balaban J connectivity index is 2.36. The van der Waals surface area contributed by atoms with E-state index in [4.69, 9.17) is 5.73 Å². The number of hydrogen-bond donors (Lipinski definition) is 2. The van der Waals surface area contributed by atoms with Crippen molar-refractivity contribution in [2.75, 3.05) is 32.9 Å². The fourth-order valence-electron chi connectivity index (χ4n) is 2.35. The number of nitrogens with two attached hydrogens (primary N) is 1. The lowest BCUT2D eigenvalue weighted by Crippen LogP contribution is -2.40. The number of para-hydroxylation sites is 1. The number of nitrogen functional groups attached to an aromatic ring is 1. The van der Waals surface area contributed by atoms with Crippen LogP contribution in [0.4, 0.5) is 5.69 Å². The van der Waals surface area contributed by atoms with Gasteiger partial charge in [-0.1, -0.05) is 32.0 Å². The number of rotatable bonds is 7. The monoisotopic (exact) mass is 277 g/mol. The standard InChI is InChI=1S/C16H27N3O/c1-16(2,12-19(3)4)11-18-15(20)10-9-13-7-5-6-8-14(13)17/h5-8H,9-12,17H2,1-4H3,(H,18,20). The van der Waals surface area contributed by atoms with Gasteiger partial charge in [0, 0.05) is 25.2 Å². The highest BCUT2D eigenvalue weighted by Gasteiger charge is 2.19. The predicted octanol–water partition coefficient (Wildman–Crippen LogP) is 1.91. The third kappa shape index (κ3) is 6.06. The molecule has 112 valence electrons. The van der Waals surface area contributed by atoms with Crippen LogP contribution in [0, 0.1) is 5.41 Å². The molecule has 0 saturated heterocycles. The normalized spacial score (nSPS) is 11.7. The van der Waals surface area contributed by atoms with Crippen LogP contribution in [-0.4, -0.2) is 38.0 Å². The van der Waals surface area contributed by atoms with Gasteiger partial charge >= 0.3 is 0 Å². The Bertz CT molecular complexity index is 441. The maximum Gasteiger partial charge on any atom is 0.220 e. The number of benzene rings is 1. The second-order valence-corrected chi connectivity index (χ2v) is 6.38. The van der Waals surface area contributed by atoms with Crippen molar-refractivity contribution in [1.29, 1.82) is 0 Å². The number of hydrogen-bond acceptors (Lipinski definition) is 3. The van der Waals surface area contributed by atoms with E-state index in [1.807, 2.05) is 38.4 Å². The number of carbonyl (C=O) groups is 1. The van der Waals surface area contributed by atoms with Crippen LogP contribution >= 0.6 is 0 Å². The molecule has 0 radical (unpaired) electrons. The third-order valence-corrected chi connectivity index (χ3v) is 3.18. The molecule has 0 heterocycles. The zero-order valence-electron chi connectivity index (χ0n) is 13.1. The van der Waals surface area contributed by atoms with E-state index in [0.717, 1.165) is 17.8 Å². The van der Waals surface area contributed by atoms with E-state index < -0.39 is 0 Å². The van der Waals surface area contributed by atoms with E-state index in [1.54, 1.807) is 0 Å². The van der Waals surface area contributed by atoms with Crippen LogP contribution in [0.15, 0.2) is 24.3 Å². The average Bonchev–Trinajstić information content (AvgIpc) is 2.34. The van der Waals surface area contributed by atoms with Gasteiger partial charge in [0.1, 0.15) is 0 Å². The Morgan fingerprint density at radius 2 is 1.95 bits per heavy atom. The van der Waals surface area contributed by atoms with Crippen molar-refractivity contribution in [1.82, 2.24) is 10.2 Å². The summed E-state index contributed by atoms with van der Waals surface area (Å²) in [4.78, 5) is 14.0. The minimum atomic E-state index is 0.0743. The second-order valence-electron chi connectivity index (χ2n) is 6.38. The Kier molecular flexibility index (Phi) is 6.02. The van der Waals surface area contributed by atoms with Gasteiger partial charge in [-0.25, -0.2) is 0 Å². The topological polar surface area (TPSA) is 58.4 Å². The number of nitrogens with zero attached hydrogens (tertiary/aromatic N) is 1. The predicted molar refractivity (Wildman–Crippen MR) is 84.5 cm³/mol. The molecular formula is C16H27N3O. The first-order valence-corrected chi connectivity index (χ1v) is 7.05. The summed E-state index contributed by atoms with van der Waals surface area (Å²) < 4.78 is 0. The molecule has 0 atom stereocenters. The molecule has 0 unspecified atom stereocenters. The molecule has 1 aromatic rings. The summed E-state index contributed by atoms with van der Waals surface area (Å²) in [6.45, 7) is 5.94. The van der Waals surface area contributed by atoms with E-state index in [0.29, 0.717) is 19.4 Å². The zero-order valence-corrected chi connectivity index (χ0v) is 13.1. The minimum Gasteiger partial charge on any atom is -0.399 e. The van der Waals surface area contributed by atoms with Crippen LogP contribution < -0.4 is 11.1 Å². The second kappa shape index (κ2) is 7.29. The van der Waals surface area contributed by atoms with Crippen molar-refractivity contribution in [3.63, 3.8) is 0 Å². The summed E-state index contributed by atoms with van der Waals surface area (Å²) in [5.74, 6) is 0.0834. The van der Waals surface area contributed by atoms with E-state index >= 15 is 0 Å². The molecule has 1 aromatic carbocycles. The molecule has 4 nitrogen and oxygen atoms in total. The first-order chi connectivity index (χ1) is 9.30. The lowest BCUT2D eigenvalue weighted by Gasteiger charge is -2.28. The first kappa shape index (κ1) is 16.5. The molecule has 0 fully saturated rings. The van der Waals surface area contributed by atoms with Gasteiger partial charge in [-0.15, -0.1) is 0 Å². The van der Waals surface area contributed by atoms with Gasteiger partial charge in [0.05, 0.1) is 0 Å². The molecule has 0 spiro atoms. The van der Waals surface area contributed by atoms with Gasteiger partial charge in [0.25, 0.3) is 0 Å². The van der Waals surface area contributed by atoms with Gasteiger partial charge in [-0.3, -0.25) is 4.79 Å². The maximum absolute atomic E-state index is 11.9. The Hall–Kier alpha value is -1.55. The molecule has 20 heavy (non-hydrogen) atoms. The number of nitrogens with one attached hydrogen (secondary N) is 1. The molecule has 0 aliphatic heterocycles. The highest BCUT2D eigenvalue weighted by Crippen LogP contribution is 2.15. The van der Waals surface area contributed by atoms with Crippen molar-refractivity contribution >= 4 is 11.6 Å². The number of anilines is 1. The number of aryl methyl sites for hydroxylation is 1. The Morgan fingerprint density at radius 3 is 2.55 bits per heavy atom. The van der Waals surface area contributed by atoms with E-state index in [1.165, 1.54) is 0 Å². The number of carbonyl (C=O) groups excluding carboxylic acids is 1. The van der Waals surface area contributed by atoms with Crippen molar-refractivity contribution in [2.24, 2.45) is 5.41 Å². The lowest BCUT2D eigenvalue weighted by atomic mass is 9.93. The number of amides is 1. The summed E-state index contributed by atoms with van der Waals surface area (Å²) >= 11 is 0. The average molecular weight is 277 g/mol. The molecule has 0 aromatic heterocycles. The van der Waals surface area contributed by atoms with Gasteiger partial charge < -0.3 is 16.0 Å². The highest BCUT2D eigenvalue weighted by atomic mass is 16.1. The molecule has 1 rings (SSSR count). The fourth-order valence-corrected chi connectivity index (χ4v) is 2.35. The molecule has 0 bridgehead atoms. The van der Waals surface area contributed by atoms with Crippen LogP contribution in [0.25, 0.3) is 0 Å². The van der Waals surface area contributed by atoms with E-state index in [9.17, 15) is 4.79 Å². The fraction of sp³-hybridized carbons (Fsp3) is 0.562. The molecule has 0 aliphatic rings. The van der Waals surface area contributed by atoms with Gasteiger partial charge in [0.2, 0.25) is 5.91 Å². The van der Waals surface area contributed by atoms with Crippen molar-refractivity contribution in [2.45, 2.75) is 26.7 Å². The minimum absolute atomic E-state index is 0.0743. The first-order valence-electron chi connectivity index (χ1n) is 7.05. The van der Waals surface area contributed by atoms with Crippen LogP contribution in [0.5, 0.6) is 0 Å². The molecule has 1 amide bonds. The molecule has 4 heteroatoms. The van der Waals surface area contributed by atoms with Crippen molar-refractivity contribution in [3.05, 3.63) is 29.8 Å². The Morgan fingerprint density at radius 1 is 1.30 bits per heavy atom. The molecule has 0 aliphatic carbocycles. The summed E-state index contributed by atoms with van der Waals surface area (Å²) in [7, 11) is 4.09. The maximum atomic E-state index is 11.9. The zero-order chi connectivity index (χ0) is 15.2. The van der Waals surface area contributed by atoms with Gasteiger partial charge in [0.15, 0.2) is 0 Å². The van der Waals surface area contributed by atoms with E-state index in [2.05, 4.69) is 24.1 Å². The largest absolute Gasteiger partial charge is 0.399 e. The van der Waals surface area contributed by atoms with Crippen LogP contribution in [0.1, 0.15) is 25.8 Å². The summed E-state index contributed by atoms with van der Waals surface area (Å²) in [6, 6.07) is 7.69. The molecular weight excluding hydrogens is 250 g/mol. The summed E-state index contributed by atoms with van der Waals surface area (Å²) in [5, 5.41) is 3.01. The van der Waals surface area contributed by atoms with E-state index in [-0.39, 0.29) is 11.3 Å². The van der Waals surface area contributed by atoms with Crippen LogP contribution in [-0.2, 0) is 11.2 Å². The van der Waals surface area contributed by atoms with Gasteiger partial charge in [-0.05, 0) is 37.6 Å². The molecule has 0 saturated carbocycles. The van der Waals surface area contributed by atoms with Gasteiger partial charge in [-0.2, -0.15) is 0 Å². The van der Waals surface area contributed by atoms with Crippen molar-refractivity contribution < 1.29 is 4.79 Å². The van der Waals surface area contributed by atoms with Crippen molar-refractivity contribution in [3.8, 4) is 0 Å². The third-order valence-electron chi connectivity index (χ3n) is 3.18. The highest BCUT2D eigenvalue weighted by molar-refractivity contribution is 5.76. The smallest absolute Gasteiger partial charge is 0.220 e.